The summed E-state index contributed by atoms with van der Waals surface area (Å²) < 4.78 is 14.1. The molecule has 19 heteroatoms. The lowest BCUT2D eigenvalue weighted by Crippen LogP contribution is -1.79. The summed E-state index contributed by atoms with van der Waals surface area (Å²) in [5.41, 5.74) is 2.46. The van der Waals surface area contributed by atoms with Crippen LogP contribution in [0, 0.1) is 0 Å². The Hall–Kier alpha value is -7.97. The van der Waals surface area contributed by atoms with E-state index < -0.39 is 0 Å². The predicted molar refractivity (Wildman–Crippen MR) is 243 cm³/mol. The summed E-state index contributed by atoms with van der Waals surface area (Å²) in [5.74, 6) is 1.05. The highest BCUT2D eigenvalue weighted by molar-refractivity contribution is 7.15. The summed E-state index contributed by atoms with van der Waals surface area (Å²) in [6, 6.07) is 21.8. The van der Waals surface area contributed by atoms with E-state index in [4.69, 9.17) is 4.42 Å². The van der Waals surface area contributed by atoms with Crippen molar-refractivity contribution in [2.45, 2.75) is 0 Å². The first kappa shape index (κ1) is 54.0. The number of allylic oxidation sites excluding steroid dienone is 1. The number of thiophene rings is 4. The molecular formula is C45H35NO14S4. The van der Waals surface area contributed by atoms with Crippen molar-refractivity contribution in [2.75, 3.05) is 0 Å². The quantitative estimate of drug-likeness (QED) is 0.0885. The molecule has 0 aliphatic rings. The molecule has 328 valence electrons. The van der Waals surface area contributed by atoms with Crippen LogP contribution < -0.4 is 0 Å². The summed E-state index contributed by atoms with van der Waals surface area (Å²) in [4.78, 5) is 114. The average Bonchev–Trinajstić information content (AvgIpc) is 4.19. The summed E-state index contributed by atoms with van der Waals surface area (Å²) in [6.07, 6.45) is 17.0. The second kappa shape index (κ2) is 35.8. The number of aldehydes is 11. The number of furan rings is 3. The van der Waals surface area contributed by atoms with Crippen LogP contribution in [0.15, 0.2) is 145 Å². The molecule has 0 aliphatic carbocycles. The van der Waals surface area contributed by atoms with Crippen molar-refractivity contribution in [2.24, 2.45) is 0 Å². The zero-order valence-electron chi connectivity index (χ0n) is 33.0. The van der Waals surface area contributed by atoms with Gasteiger partial charge in [0.05, 0.1) is 43.3 Å². The molecule has 64 heavy (non-hydrogen) atoms. The van der Waals surface area contributed by atoms with Crippen LogP contribution in [0.2, 0.25) is 0 Å². The van der Waals surface area contributed by atoms with E-state index in [9.17, 15) is 52.7 Å². The molecule has 8 rings (SSSR count). The van der Waals surface area contributed by atoms with Gasteiger partial charge < -0.3 is 18.2 Å². The molecule has 0 aromatic carbocycles. The van der Waals surface area contributed by atoms with Gasteiger partial charge in [0.1, 0.15) is 18.3 Å². The highest BCUT2D eigenvalue weighted by Gasteiger charge is 1.99. The largest absolute Gasteiger partial charge is 0.472 e. The Morgan fingerprint density at radius 2 is 1.20 bits per heavy atom. The number of hydrogen-bond donors (Lipinski definition) is 1. The fourth-order valence-corrected chi connectivity index (χ4v) is 5.94. The number of rotatable bonds is 12. The first-order chi connectivity index (χ1) is 31.3. The van der Waals surface area contributed by atoms with Crippen molar-refractivity contribution >= 4 is 121 Å². The van der Waals surface area contributed by atoms with Crippen LogP contribution in [0.5, 0.6) is 0 Å². The van der Waals surface area contributed by atoms with E-state index >= 15 is 0 Å². The van der Waals surface area contributed by atoms with Crippen LogP contribution in [0.4, 0.5) is 0 Å². The molecule has 1 N–H and O–H groups in total. The molecule has 0 spiro atoms. The van der Waals surface area contributed by atoms with E-state index in [1.807, 2.05) is 22.2 Å². The van der Waals surface area contributed by atoms with Gasteiger partial charge in [0.25, 0.3) is 0 Å². The zero-order chi connectivity index (χ0) is 47.0. The monoisotopic (exact) mass is 941 g/mol. The highest BCUT2D eigenvalue weighted by atomic mass is 32.1. The minimum Gasteiger partial charge on any atom is -0.472 e. The second-order valence-electron chi connectivity index (χ2n) is 10.7. The number of aromatic nitrogens is 1. The number of aromatic amines is 1. The molecule has 8 heterocycles. The minimum absolute atomic E-state index is 0.178. The van der Waals surface area contributed by atoms with Crippen LogP contribution in [0.25, 0.3) is 6.08 Å². The third-order valence-corrected chi connectivity index (χ3v) is 9.66. The smallest absolute Gasteiger partial charge is 0.185 e. The van der Waals surface area contributed by atoms with Crippen LogP contribution in [0.1, 0.15) is 107 Å². The van der Waals surface area contributed by atoms with E-state index in [0.29, 0.717) is 68.6 Å². The number of carbonyl (C=O) groups excluding carboxylic acids is 11. The van der Waals surface area contributed by atoms with Crippen molar-refractivity contribution in [3.8, 4) is 0 Å². The van der Waals surface area contributed by atoms with E-state index in [1.165, 1.54) is 76.1 Å². The van der Waals surface area contributed by atoms with Gasteiger partial charge in [0, 0.05) is 22.7 Å². The van der Waals surface area contributed by atoms with E-state index in [-0.39, 0.29) is 11.5 Å². The lowest BCUT2D eigenvalue weighted by Gasteiger charge is -1.78. The first-order valence-electron chi connectivity index (χ1n) is 17.4. The fraction of sp³-hybridized carbons (Fsp3) is 0. The molecule has 0 atom stereocenters. The minimum atomic E-state index is 0.178. The Balaban J connectivity index is 0.000000367. The van der Waals surface area contributed by atoms with Crippen molar-refractivity contribution in [1.82, 2.24) is 4.98 Å². The molecule has 0 bridgehead atoms. The van der Waals surface area contributed by atoms with Gasteiger partial charge in [-0.3, -0.25) is 52.7 Å². The third kappa shape index (κ3) is 24.3. The van der Waals surface area contributed by atoms with Gasteiger partial charge in [-0.2, -0.15) is 11.3 Å². The molecule has 0 aliphatic heterocycles. The standard InChI is InChI=1S/C7H6O2.C6H4O3.2C6H4O2S.C5H5NO.C5H4O2.2C5H4OS/c8-5-1-3-7-4-2-6-9-7;7-3-5-1-2-6(4-8)9-5;7-3-5-1-2-9-6(5)4-8;7-3-5-1-2-6(4-8)9-5;7-4-5-2-1-3-6-5;2*6-3-5-1-2-7-4-5;6-4-5-2-1-3-7-5/h1-6H;3*1-4H;1-4,6H;3*1-4H/b3-1+;;;;;;;. The summed E-state index contributed by atoms with van der Waals surface area (Å²) >= 11 is 5.46. The fourth-order valence-electron chi connectivity index (χ4n) is 3.49. The molecule has 8 aromatic rings. The van der Waals surface area contributed by atoms with Gasteiger partial charge in [-0.15, -0.1) is 34.0 Å². The zero-order valence-corrected chi connectivity index (χ0v) is 36.2. The molecular weight excluding hydrogens is 907 g/mol. The molecule has 0 amide bonds. The van der Waals surface area contributed by atoms with Gasteiger partial charge in [0.2, 0.25) is 0 Å². The molecule has 8 aromatic heterocycles. The van der Waals surface area contributed by atoms with Gasteiger partial charge >= 0.3 is 0 Å². The van der Waals surface area contributed by atoms with Crippen LogP contribution >= 0.6 is 45.3 Å². The summed E-state index contributed by atoms with van der Waals surface area (Å²) in [7, 11) is 0. The van der Waals surface area contributed by atoms with Crippen molar-refractivity contribution in [1.29, 1.82) is 0 Å². The Labute approximate surface area is 380 Å². The summed E-state index contributed by atoms with van der Waals surface area (Å²) in [6.45, 7) is 0. The van der Waals surface area contributed by atoms with Gasteiger partial charge in [-0.05, 0) is 101 Å². The Morgan fingerprint density at radius 1 is 0.500 bits per heavy atom. The van der Waals surface area contributed by atoms with E-state index in [0.717, 1.165) is 48.2 Å². The van der Waals surface area contributed by atoms with Gasteiger partial charge in [-0.25, -0.2) is 0 Å². The molecule has 0 saturated carbocycles. The number of H-pyrrole nitrogens is 1. The maximum atomic E-state index is 10.1. The normalized spacial score (nSPS) is 8.94. The lowest BCUT2D eigenvalue weighted by molar-refractivity contribution is -0.104. The van der Waals surface area contributed by atoms with Gasteiger partial charge in [0.15, 0.2) is 74.4 Å². The number of carbonyl (C=O) groups is 11. The highest BCUT2D eigenvalue weighted by Crippen LogP contribution is 2.12. The Kier molecular flexibility index (Phi) is 30.2. The molecule has 0 unspecified atom stereocenters. The van der Waals surface area contributed by atoms with E-state index in [2.05, 4.69) is 13.8 Å². The lowest BCUT2D eigenvalue weighted by atomic mass is 10.3. The summed E-state index contributed by atoms with van der Waals surface area (Å²) in [5, 5.41) is 7.29. The topological polar surface area (TPSA) is 243 Å². The van der Waals surface area contributed by atoms with Crippen LogP contribution in [0.3, 0.4) is 0 Å². The Bertz CT molecular complexity index is 2230. The van der Waals surface area contributed by atoms with Crippen LogP contribution in [-0.4, -0.2) is 74.1 Å². The molecule has 0 fully saturated rings. The van der Waals surface area contributed by atoms with Crippen molar-refractivity contribution < 1.29 is 66.0 Å². The van der Waals surface area contributed by atoms with Crippen molar-refractivity contribution in [3.63, 3.8) is 0 Å². The predicted octanol–water partition coefficient (Wildman–Crippen LogP) is 10.2. The van der Waals surface area contributed by atoms with Gasteiger partial charge in [-0.1, -0.05) is 6.07 Å². The van der Waals surface area contributed by atoms with E-state index in [1.54, 1.807) is 84.6 Å². The Morgan fingerprint density at radius 3 is 1.53 bits per heavy atom. The SMILES string of the molecule is O=C/C=C/c1ccco1.O=Cc1ccc(C=O)o1.O=Cc1ccc(C=O)s1.O=Cc1ccc[nH]1.O=Cc1cccs1.O=Cc1ccoc1.O=Cc1ccsc1.O=Cc1ccsc1C=O. The first-order valence-corrected chi connectivity index (χ1v) is 21.0. The number of hydrogen-bond acceptors (Lipinski definition) is 18. The number of nitrogens with one attached hydrogen (secondary N) is 1. The maximum absolute atomic E-state index is 10.1. The second-order valence-corrected chi connectivity index (χ2v) is 14.5. The maximum Gasteiger partial charge on any atom is 0.185 e. The third-order valence-electron chi connectivity index (χ3n) is 6.37. The molecule has 0 radical (unpaired) electrons. The average molecular weight is 942 g/mol. The van der Waals surface area contributed by atoms with Crippen molar-refractivity contribution in [3.05, 3.63) is 191 Å². The molecule has 15 nitrogen and oxygen atoms in total. The van der Waals surface area contributed by atoms with Crippen LogP contribution in [-0.2, 0) is 4.79 Å². The molecule has 0 saturated heterocycles.